The number of anilines is 1. The van der Waals surface area contributed by atoms with Gasteiger partial charge in [0.05, 0.1) is 0 Å². The Hall–Kier alpha value is -3.24. The van der Waals surface area contributed by atoms with Crippen LogP contribution in [0.3, 0.4) is 0 Å². The molecule has 0 amide bonds. The lowest BCUT2D eigenvalue weighted by Crippen LogP contribution is -2.35. The highest BCUT2D eigenvalue weighted by Crippen LogP contribution is 2.38. The third-order valence-electron chi connectivity index (χ3n) is 5.99. The quantitative estimate of drug-likeness (QED) is 0.531. The van der Waals surface area contributed by atoms with Gasteiger partial charge in [0, 0.05) is 38.6 Å². The first-order valence-corrected chi connectivity index (χ1v) is 10.7. The molecule has 5 rings (SSSR count). The van der Waals surface area contributed by atoms with Gasteiger partial charge in [0.2, 0.25) is 5.95 Å². The number of rotatable bonds is 4. The molecule has 1 N–H and O–H groups in total. The van der Waals surface area contributed by atoms with E-state index in [1.165, 1.54) is 27.8 Å². The molecule has 1 saturated heterocycles. The third kappa shape index (κ3) is 3.91. The molecular weight excluding hydrogens is 368 g/mol. The van der Waals surface area contributed by atoms with Crippen molar-refractivity contribution >= 4 is 23.7 Å². The van der Waals surface area contributed by atoms with Gasteiger partial charge in [-0.1, -0.05) is 66.3 Å². The smallest absolute Gasteiger partial charge is 0.222 e. The van der Waals surface area contributed by atoms with Gasteiger partial charge >= 0.3 is 0 Å². The molecule has 4 nitrogen and oxygen atoms in total. The van der Waals surface area contributed by atoms with Crippen molar-refractivity contribution < 1.29 is 0 Å². The van der Waals surface area contributed by atoms with Gasteiger partial charge in [-0.15, -0.1) is 0 Å². The summed E-state index contributed by atoms with van der Waals surface area (Å²) in [6, 6.07) is 19.4. The van der Waals surface area contributed by atoms with Crippen LogP contribution in [-0.4, -0.2) is 41.0 Å². The standard InChI is InChI=1S/C26H26N4/c1-3-8-23-20(6-1)10-11-21-7-2-4-9-24(21)25(23)22-12-17-30(18-13-22)19-16-29-26-27-14-5-15-28-26/h1-11,14-15H,12-13,16-19H2,(H,27,28,29). The van der Waals surface area contributed by atoms with Crippen molar-refractivity contribution in [2.24, 2.45) is 0 Å². The molecule has 30 heavy (non-hydrogen) atoms. The van der Waals surface area contributed by atoms with Crippen LogP contribution in [0.25, 0.3) is 17.7 Å². The Morgan fingerprint density at radius 2 is 1.37 bits per heavy atom. The second kappa shape index (κ2) is 8.64. The molecular formula is C26H26N4. The Kier molecular flexibility index (Phi) is 5.40. The topological polar surface area (TPSA) is 41.0 Å². The summed E-state index contributed by atoms with van der Waals surface area (Å²) in [6.45, 7) is 4.06. The first kappa shape index (κ1) is 18.8. The number of hydrogen-bond donors (Lipinski definition) is 1. The van der Waals surface area contributed by atoms with Gasteiger partial charge < -0.3 is 10.2 Å². The molecule has 0 spiro atoms. The molecule has 2 heterocycles. The molecule has 1 fully saturated rings. The minimum absolute atomic E-state index is 0.705. The number of aromatic nitrogens is 2. The molecule has 3 aromatic rings. The van der Waals surface area contributed by atoms with E-state index in [9.17, 15) is 0 Å². The molecule has 2 aliphatic rings. The van der Waals surface area contributed by atoms with Gasteiger partial charge in [0.15, 0.2) is 0 Å². The monoisotopic (exact) mass is 394 g/mol. The molecule has 1 aliphatic carbocycles. The summed E-state index contributed by atoms with van der Waals surface area (Å²) in [5.74, 6) is 0.705. The predicted molar refractivity (Wildman–Crippen MR) is 124 cm³/mol. The number of nitrogens with zero attached hydrogens (tertiary/aromatic N) is 3. The Morgan fingerprint density at radius 1 is 0.767 bits per heavy atom. The van der Waals surface area contributed by atoms with Gasteiger partial charge in [0.25, 0.3) is 0 Å². The van der Waals surface area contributed by atoms with E-state index in [0.29, 0.717) is 5.95 Å². The predicted octanol–water partition coefficient (Wildman–Crippen LogP) is 4.97. The fraction of sp³-hybridized carbons (Fsp3) is 0.231. The van der Waals surface area contributed by atoms with Crippen LogP contribution in [0.1, 0.15) is 35.1 Å². The molecule has 4 heteroatoms. The zero-order valence-corrected chi connectivity index (χ0v) is 17.1. The van der Waals surface area contributed by atoms with Crippen molar-refractivity contribution in [3.8, 4) is 0 Å². The van der Waals surface area contributed by atoms with E-state index < -0.39 is 0 Å². The van der Waals surface area contributed by atoms with Crippen molar-refractivity contribution in [2.45, 2.75) is 12.8 Å². The van der Waals surface area contributed by atoms with Crippen LogP contribution in [0.5, 0.6) is 0 Å². The Bertz CT molecular complexity index is 1020. The summed E-state index contributed by atoms with van der Waals surface area (Å²) in [5, 5.41) is 3.32. The fourth-order valence-corrected chi connectivity index (χ4v) is 4.46. The van der Waals surface area contributed by atoms with Crippen LogP contribution >= 0.6 is 0 Å². The molecule has 0 atom stereocenters. The summed E-state index contributed by atoms with van der Waals surface area (Å²) < 4.78 is 0. The Morgan fingerprint density at radius 3 is 2.00 bits per heavy atom. The Balaban J connectivity index is 1.34. The first-order chi connectivity index (χ1) is 14.9. The molecule has 1 aromatic heterocycles. The highest BCUT2D eigenvalue weighted by atomic mass is 15.2. The lowest BCUT2D eigenvalue weighted by Gasteiger charge is -2.30. The SMILES string of the molecule is C1=Cc2ccccc2C(=C2CCN(CCNc3ncccn3)CC2)c2ccccc21. The zero-order valence-electron chi connectivity index (χ0n) is 17.1. The maximum atomic E-state index is 4.23. The largest absolute Gasteiger partial charge is 0.353 e. The van der Waals surface area contributed by atoms with E-state index in [1.807, 2.05) is 6.07 Å². The number of nitrogens with one attached hydrogen (secondary N) is 1. The lowest BCUT2D eigenvalue weighted by molar-refractivity contribution is 0.266. The molecule has 1 aliphatic heterocycles. The van der Waals surface area contributed by atoms with Crippen molar-refractivity contribution in [1.29, 1.82) is 0 Å². The molecule has 0 saturated carbocycles. The van der Waals surface area contributed by atoms with Crippen LogP contribution in [0.15, 0.2) is 72.6 Å². The van der Waals surface area contributed by atoms with Gasteiger partial charge in [-0.05, 0) is 46.7 Å². The van der Waals surface area contributed by atoms with Crippen molar-refractivity contribution in [1.82, 2.24) is 14.9 Å². The molecule has 0 bridgehead atoms. The maximum Gasteiger partial charge on any atom is 0.222 e. The van der Waals surface area contributed by atoms with Crippen LogP contribution in [-0.2, 0) is 0 Å². The van der Waals surface area contributed by atoms with E-state index in [4.69, 9.17) is 0 Å². The average molecular weight is 395 g/mol. The van der Waals surface area contributed by atoms with Crippen molar-refractivity contribution in [3.63, 3.8) is 0 Å². The van der Waals surface area contributed by atoms with Gasteiger partial charge in [-0.3, -0.25) is 0 Å². The minimum Gasteiger partial charge on any atom is -0.353 e. The Labute approximate surface area is 178 Å². The van der Waals surface area contributed by atoms with E-state index in [1.54, 1.807) is 18.0 Å². The van der Waals surface area contributed by atoms with Gasteiger partial charge in [0.1, 0.15) is 0 Å². The lowest BCUT2D eigenvalue weighted by atomic mass is 9.86. The third-order valence-corrected chi connectivity index (χ3v) is 5.99. The van der Waals surface area contributed by atoms with E-state index in [0.717, 1.165) is 39.0 Å². The number of piperidine rings is 1. The molecule has 0 radical (unpaired) electrons. The first-order valence-electron chi connectivity index (χ1n) is 10.7. The second-order valence-corrected chi connectivity index (χ2v) is 7.83. The number of benzene rings is 2. The number of likely N-dealkylation sites (tertiary alicyclic amines) is 1. The normalized spacial score (nSPS) is 16.0. The summed E-state index contributed by atoms with van der Waals surface area (Å²) in [4.78, 5) is 11.0. The van der Waals surface area contributed by atoms with E-state index in [2.05, 4.69) is 80.9 Å². The van der Waals surface area contributed by atoms with Crippen molar-refractivity contribution in [2.75, 3.05) is 31.5 Å². The average Bonchev–Trinajstić information content (AvgIpc) is 2.97. The fourth-order valence-electron chi connectivity index (χ4n) is 4.46. The van der Waals surface area contributed by atoms with Crippen LogP contribution in [0.2, 0.25) is 0 Å². The van der Waals surface area contributed by atoms with Crippen LogP contribution in [0, 0.1) is 0 Å². The minimum atomic E-state index is 0.705. The number of hydrogen-bond acceptors (Lipinski definition) is 4. The zero-order chi connectivity index (χ0) is 20.2. The number of fused-ring (bicyclic) bond motifs is 2. The molecule has 150 valence electrons. The summed E-state index contributed by atoms with van der Waals surface area (Å²) in [5.41, 5.74) is 8.38. The van der Waals surface area contributed by atoms with Gasteiger partial charge in [-0.25, -0.2) is 9.97 Å². The highest BCUT2D eigenvalue weighted by molar-refractivity contribution is 5.94. The van der Waals surface area contributed by atoms with Crippen molar-refractivity contribution in [3.05, 3.63) is 94.8 Å². The molecule has 2 aromatic carbocycles. The van der Waals surface area contributed by atoms with Crippen LogP contribution in [0.4, 0.5) is 5.95 Å². The summed E-state index contributed by atoms with van der Waals surface area (Å²) in [6.07, 6.45) is 10.3. The highest BCUT2D eigenvalue weighted by Gasteiger charge is 2.22. The summed E-state index contributed by atoms with van der Waals surface area (Å²) in [7, 11) is 0. The maximum absolute atomic E-state index is 4.23. The van der Waals surface area contributed by atoms with Crippen LogP contribution < -0.4 is 5.32 Å². The second-order valence-electron chi connectivity index (χ2n) is 7.83. The summed E-state index contributed by atoms with van der Waals surface area (Å²) >= 11 is 0. The van der Waals surface area contributed by atoms with E-state index in [-0.39, 0.29) is 0 Å². The van der Waals surface area contributed by atoms with E-state index >= 15 is 0 Å². The molecule has 0 unspecified atom stereocenters. The van der Waals surface area contributed by atoms with Gasteiger partial charge in [-0.2, -0.15) is 0 Å².